The quantitative estimate of drug-likeness (QED) is 0.147. The molecule has 2 heteroatoms. The fourth-order valence-electron chi connectivity index (χ4n) is 12.8. The Hall–Kier alpha value is -9.76. The van der Waals surface area contributed by atoms with Crippen LogP contribution in [0.5, 0.6) is 0 Å². The minimum absolute atomic E-state index is 0.473. The van der Waals surface area contributed by atoms with Crippen LogP contribution in [-0.4, -0.2) is 4.57 Å². The summed E-state index contributed by atoms with van der Waals surface area (Å²) >= 11 is 0. The topological polar surface area (TPSA) is 8.17 Å². The number of nitrogens with zero attached hydrogens (tertiary/aromatic N) is 2. The number of hydrogen-bond donors (Lipinski definition) is 0. The first-order chi connectivity index (χ1) is 37.2. The maximum absolute atomic E-state index is 2.50. The second kappa shape index (κ2) is 17.2. The Balaban J connectivity index is 0.936. The molecule has 0 unspecified atom stereocenters. The summed E-state index contributed by atoms with van der Waals surface area (Å²) in [6, 6.07) is 108. The van der Waals surface area contributed by atoms with Gasteiger partial charge in [0.2, 0.25) is 0 Å². The molecule has 350 valence electrons. The molecule has 13 aromatic rings. The van der Waals surface area contributed by atoms with E-state index >= 15 is 0 Å². The van der Waals surface area contributed by atoms with E-state index in [0.717, 1.165) is 33.9 Å². The van der Waals surface area contributed by atoms with Gasteiger partial charge in [0.1, 0.15) is 0 Å². The van der Waals surface area contributed by atoms with Gasteiger partial charge in [0.25, 0.3) is 0 Å². The van der Waals surface area contributed by atoms with E-state index in [1.807, 2.05) is 0 Å². The van der Waals surface area contributed by atoms with Gasteiger partial charge in [-0.15, -0.1) is 0 Å². The molecule has 1 heterocycles. The van der Waals surface area contributed by atoms with Crippen molar-refractivity contribution in [3.63, 3.8) is 0 Å². The number of aromatic nitrogens is 1. The lowest BCUT2D eigenvalue weighted by Crippen LogP contribution is -2.26. The van der Waals surface area contributed by atoms with Crippen molar-refractivity contribution < 1.29 is 0 Å². The van der Waals surface area contributed by atoms with E-state index in [4.69, 9.17) is 0 Å². The molecule has 0 saturated carbocycles. The van der Waals surface area contributed by atoms with Crippen molar-refractivity contribution in [1.29, 1.82) is 0 Å². The van der Waals surface area contributed by atoms with Crippen LogP contribution in [0.25, 0.3) is 94.3 Å². The van der Waals surface area contributed by atoms with Gasteiger partial charge in [-0.3, -0.25) is 0 Å². The molecule has 1 spiro atoms. The van der Waals surface area contributed by atoms with Gasteiger partial charge >= 0.3 is 0 Å². The lowest BCUT2D eigenvalue weighted by Gasteiger charge is -2.32. The van der Waals surface area contributed by atoms with Gasteiger partial charge in [-0.2, -0.15) is 0 Å². The average molecular weight is 953 g/mol. The van der Waals surface area contributed by atoms with Crippen LogP contribution in [0.2, 0.25) is 0 Å². The zero-order valence-electron chi connectivity index (χ0n) is 41.1. The number of rotatable bonds is 8. The molecule has 12 aromatic carbocycles. The number of anilines is 3. The van der Waals surface area contributed by atoms with Crippen LogP contribution in [-0.2, 0) is 5.41 Å². The molecule has 0 N–H and O–H groups in total. The van der Waals surface area contributed by atoms with Crippen LogP contribution >= 0.6 is 0 Å². The summed E-state index contributed by atoms with van der Waals surface area (Å²) in [5, 5.41) is 2.49. The summed E-state index contributed by atoms with van der Waals surface area (Å²) < 4.78 is 2.41. The first-order valence-corrected chi connectivity index (χ1v) is 26.0. The fourth-order valence-corrected chi connectivity index (χ4v) is 12.8. The van der Waals surface area contributed by atoms with Crippen LogP contribution in [0.1, 0.15) is 22.3 Å². The summed E-state index contributed by atoms with van der Waals surface area (Å²) in [6.45, 7) is 0. The van der Waals surface area contributed by atoms with Crippen LogP contribution in [0, 0.1) is 0 Å². The Kier molecular flexibility index (Phi) is 9.83. The summed E-state index contributed by atoms with van der Waals surface area (Å²) in [5.41, 5.74) is 26.2. The fraction of sp³-hybridized carbons (Fsp3) is 0.0137. The van der Waals surface area contributed by atoms with Crippen molar-refractivity contribution in [3.8, 4) is 72.4 Å². The third-order valence-electron chi connectivity index (χ3n) is 16.0. The van der Waals surface area contributed by atoms with Gasteiger partial charge < -0.3 is 9.47 Å². The van der Waals surface area contributed by atoms with E-state index in [2.05, 4.69) is 301 Å². The Morgan fingerprint density at radius 3 is 1.33 bits per heavy atom. The molecular formula is C73H48N2. The van der Waals surface area contributed by atoms with Crippen molar-refractivity contribution in [3.05, 3.63) is 313 Å². The van der Waals surface area contributed by atoms with Gasteiger partial charge in [0.15, 0.2) is 0 Å². The smallest absolute Gasteiger partial charge is 0.0726 e. The van der Waals surface area contributed by atoms with E-state index in [9.17, 15) is 0 Å². The van der Waals surface area contributed by atoms with Gasteiger partial charge in [-0.25, -0.2) is 0 Å². The lowest BCUT2D eigenvalue weighted by atomic mass is 9.70. The first kappa shape index (κ1) is 42.9. The highest BCUT2D eigenvalue weighted by Crippen LogP contribution is 2.63. The molecule has 2 aliphatic rings. The minimum atomic E-state index is -0.473. The van der Waals surface area contributed by atoms with Gasteiger partial charge in [0, 0.05) is 33.5 Å². The predicted octanol–water partition coefficient (Wildman–Crippen LogP) is 19.3. The van der Waals surface area contributed by atoms with Crippen molar-refractivity contribution in [2.45, 2.75) is 5.41 Å². The summed E-state index contributed by atoms with van der Waals surface area (Å²) in [7, 11) is 0. The Labute approximate surface area is 437 Å². The van der Waals surface area contributed by atoms with Crippen LogP contribution in [0.3, 0.4) is 0 Å². The van der Waals surface area contributed by atoms with E-state index in [0.29, 0.717) is 0 Å². The average Bonchev–Trinajstić information content (AvgIpc) is 4.09. The molecule has 0 saturated heterocycles. The molecule has 15 rings (SSSR count). The number of benzene rings is 12. The van der Waals surface area contributed by atoms with Crippen molar-refractivity contribution in [2.24, 2.45) is 0 Å². The zero-order valence-corrected chi connectivity index (χ0v) is 41.1. The summed E-state index contributed by atoms with van der Waals surface area (Å²) in [4.78, 5) is 2.47. The largest absolute Gasteiger partial charge is 0.310 e. The Morgan fingerprint density at radius 2 is 0.680 bits per heavy atom. The van der Waals surface area contributed by atoms with Gasteiger partial charge in [0.05, 0.1) is 16.4 Å². The SMILES string of the molecule is c1ccc(-c2ccc(N(c3ccc(-c4ccccc4-c4ccc5c6ccccc6n(-c6ccccc6)c5c4)c(-c4ccccc4)c3)c3ccc4c(c3)C3(c5ccccc5-c5ccccc53)c3ccccc3-4)cc2)cc1. The van der Waals surface area contributed by atoms with Crippen LogP contribution < -0.4 is 4.90 Å². The number of fused-ring (bicyclic) bond motifs is 13. The standard InChI is InChI=1S/C73H48N2/c1-4-20-49(21-5-1)50-36-39-54(40-37-50)74(56-42-45-63-62-30-14-18-34-69(62)73(70(63)48-56)67-32-16-12-28-60(67)61-29-13-17-33-68(61)73)55-41-44-59(66(47-55)51-22-6-2-7-23-51)58-27-11-10-26-57(58)52-38-43-65-64-31-15-19-35-71(64)75(72(65)46-52)53-24-8-3-9-25-53/h1-48H. The minimum Gasteiger partial charge on any atom is -0.310 e. The van der Waals surface area contributed by atoms with E-state index in [-0.39, 0.29) is 0 Å². The highest BCUT2D eigenvalue weighted by molar-refractivity contribution is 6.11. The number of hydrogen-bond acceptors (Lipinski definition) is 1. The predicted molar refractivity (Wildman–Crippen MR) is 314 cm³/mol. The third kappa shape index (κ3) is 6.60. The second-order valence-corrected chi connectivity index (χ2v) is 19.9. The first-order valence-electron chi connectivity index (χ1n) is 26.0. The third-order valence-corrected chi connectivity index (χ3v) is 16.0. The molecular weight excluding hydrogens is 905 g/mol. The molecule has 2 nitrogen and oxygen atoms in total. The molecule has 1 aromatic heterocycles. The second-order valence-electron chi connectivity index (χ2n) is 19.9. The number of para-hydroxylation sites is 2. The maximum atomic E-state index is 2.50. The van der Waals surface area contributed by atoms with Gasteiger partial charge in [-0.1, -0.05) is 231 Å². The van der Waals surface area contributed by atoms with E-state index in [1.54, 1.807) is 0 Å². The van der Waals surface area contributed by atoms with Crippen LogP contribution in [0.15, 0.2) is 291 Å². The van der Waals surface area contributed by atoms with Crippen LogP contribution in [0.4, 0.5) is 17.1 Å². The lowest BCUT2D eigenvalue weighted by molar-refractivity contribution is 0.793. The highest BCUT2D eigenvalue weighted by atomic mass is 15.1. The van der Waals surface area contributed by atoms with E-state index < -0.39 is 5.41 Å². The summed E-state index contributed by atoms with van der Waals surface area (Å²) in [6.07, 6.45) is 0. The molecule has 0 radical (unpaired) electrons. The molecule has 0 fully saturated rings. The highest BCUT2D eigenvalue weighted by Gasteiger charge is 2.51. The molecule has 0 atom stereocenters. The Bertz CT molecular complexity index is 4280. The van der Waals surface area contributed by atoms with Crippen molar-refractivity contribution in [1.82, 2.24) is 4.57 Å². The van der Waals surface area contributed by atoms with E-state index in [1.165, 1.54) is 99.7 Å². The van der Waals surface area contributed by atoms with Gasteiger partial charge in [-0.05, 0) is 150 Å². The zero-order chi connectivity index (χ0) is 49.5. The Morgan fingerprint density at radius 1 is 0.240 bits per heavy atom. The summed E-state index contributed by atoms with van der Waals surface area (Å²) in [5.74, 6) is 0. The molecule has 0 bridgehead atoms. The maximum Gasteiger partial charge on any atom is 0.0726 e. The van der Waals surface area contributed by atoms with Crippen molar-refractivity contribution in [2.75, 3.05) is 4.90 Å². The van der Waals surface area contributed by atoms with Crippen molar-refractivity contribution >= 4 is 38.9 Å². The molecule has 75 heavy (non-hydrogen) atoms. The normalized spacial score (nSPS) is 12.6. The molecule has 2 aliphatic carbocycles. The molecule has 0 aliphatic heterocycles. The monoisotopic (exact) mass is 952 g/mol. The molecule has 0 amide bonds.